The van der Waals surface area contributed by atoms with Gasteiger partial charge in [0.15, 0.2) is 5.75 Å². The van der Waals surface area contributed by atoms with Crippen molar-refractivity contribution >= 4 is 34.6 Å². The maximum absolute atomic E-state index is 10.7. The molecule has 0 aliphatic heterocycles. The zero-order chi connectivity index (χ0) is 14.9. The van der Waals surface area contributed by atoms with Crippen molar-refractivity contribution < 1.29 is 9.66 Å². The van der Waals surface area contributed by atoms with Gasteiger partial charge in [0.25, 0.3) is 5.69 Å². The van der Waals surface area contributed by atoms with Gasteiger partial charge in [-0.25, -0.2) is 0 Å². The quantitative estimate of drug-likeness (QED) is 0.511. The molecule has 0 amide bonds. The molecule has 0 spiro atoms. The van der Waals surface area contributed by atoms with E-state index in [1.54, 1.807) is 18.2 Å². The average Bonchev–Trinajstić information content (AvgIpc) is 2.35. The lowest BCUT2D eigenvalue weighted by molar-refractivity contribution is -0.384. The summed E-state index contributed by atoms with van der Waals surface area (Å²) in [6.45, 7) is 1.82. The molecule has 0 heterocycles. The van der Waals surface area contributed by atoms with E-state index >= 15 is 0 Å². The summed E-state index contributed by atoms with van der Waals surface area (Å²) in [6, 6.07) is 7.47. The van der Waals surface area contributed by atoms with Crippen LogP contribution in [0.1, 0.15) is 5.56 Å². The molecular weight excluding hydrogens is 303 g/mol. The fourth-order valence-corrected chi connectivity index (χ4v) is 2.20. The van der Waals surface area contributed by atoms with Crippen molar-refractivity contribution in [2.75, 3.05) is 5.73 Å². The number of nitro benzene ring substituents is 1. The number of non-ortho nitro benzene ring substituents is 1. The molecule has 0 aliphatic carbocycles. The standard InChI is InChI=1S/C13H10Cl2N2O3/c1-7-4-8(16)2-3-12(7)20-13-10(14)5-9(17(18)19)6-11(13)15/h2-6H,16H2,1H3. The second kappa shape index (κ2) is 5.56. The molecule has 2 N–H and O–H groups in total. The predicted molar refractivity (Wildman–Crippen MR) is 78.8 cm³/mol. The van der Waals surface area contributed by atoms with Crippen LogP contribution in [0.3, 0.4) is 0 Å². The normalized spacial score (nSPS) is 10.3. The number of nitro groups is 1. The second-order valence-electron chi connectivity index (χ2n) is 4.12. The molecule has 2 rings (SSSR count). The Hall–Kier alpha value is -1.98. The molecule has 0 bridgehead atoms. The van der Waals surface area contributed by atoms with Gasteiger partial charge in [-0.05, 0) is 30.7 Å². The zero-order valence-electron chi connectivity index (χ0n) is 10.4. The summed E-state index contributed by atoms with van der Waals surface area (Å²) in [4.78, 5) is 10.1. The van der Waals surface area contributed by atoms with Crippen LogP contribution < -0.4 is 10.5 Å². The van der Waals surface area contributed by atoms with Crippen molar-refractivity contribution in [3.05, 3.63) is 56.1 Å². The number of ether oxygens (including phenoxy) is 1. The molecular formula is C13H10Cl2N2O3. The van der Waals surface area contributed by atoms with Gasteiger partial charge < -0.3 is 10.5 Å². The van der Waals surface area contributed by atoms with Gasteiger partial charge in [-0.1, -0.05) is 23.2 Å². The Bertz CT molecular complexity index is 666. The van der Waals surface area contributed by atoms with E-state index in [0.717, 1.165) is 5.56 Å². The van der Waals surface area contributed by atoms with Crippen LogP contribution in [-0.4, -0.2) is 4.92 Å². The van der Waals surface area contributed by atoms with Crippen molar-refractivity contribution in [1.29, 1.82) is 0 Å². The summed E-state index contributed by atoms with van der Waals surface area (Å²) >= 11 is 11.9. The number of aryl methyl sites for hydroxylation is 1. The van der Waals surface area contributed by atoms with Gasteiger partial charge in [0.1, 0.15) is 5.75 Å². The molecule has 0 saturated heterocycles. The van der Waals surface area contributed by atoms with E-state index in [1.165, 1.54) is 12.1 Å². The maximum atomic E-state index is 10.7. The Morgan fingerprint density at radius 1 is 1.20 bits per heavy atom. The van der Waals surface area contributed by atoms with E-state index in [4.69, 9.17) is 33.7 Å². The maximum Gasteiger partial charge on any atom is 0.272 e. The topological polar surface area (TPSA) is 78.4 Å². The van der Waals surface area contributed by atoms with Gasteiger partial charge in [0, 0.05) is 17.8 Å². The van der Waals surface area contributed by atoms with Crippen LogP contribution in [-0.2, 0) is 0 Å². The smallest absolute Gasteiger partial charge is 0.272 e. The number of benzene rings is 2. The third kappa shape index (κ3) is 2.95. The molecule has 0 aliphatic rings. The Morgan fingerprint density at radius 2 is 1.80 bits per heavy atom. The minimum absolute atomic E-state index is 0.0698. The third-order valence-electron chi connectivity index (χ3n) is 2.60. The third-order valence-corrected chi connectivity index (χ3v) is 3.17. The fraction of sp³-hybridized carbons (Fsp3) is 0.0769. The van der Waals surface area contributed by atoms with Crippen LogP contribution in [0.25, 0.3) is 0 Å². The van der Waals surface area contributed by atoms with Crippen LogP contribution in [0.5, 0.6) is 11.5 Å². The van der Waals surface area contributed by atoms with Crippen molar-refractivity contribution in [1.82, 2.24) is 0 Å². The molecule has 0 radical (unpaired) electrons. The summed E-state index contributed by atoms with van der Waals surface area (Å²) in [6.07, 6.45) is 0. The van der Waals surface area contributed by atoms with E-state index in [1.807, 2.05) is 6.92 Å². The number of halogens is 2. The molecule has 0 aromatic heterocycles. The summed E-state index contributed by atoms with van der Waals surface area (Å²) in [5, 5.41) is 10.8. The highest BCUT2D eigenvalue weighted by Crippen LogP contribution is 2.40. The number of nitrogens with zero attached hydrogens (tertiary/aromatic N) is 1. The van der Waals surface area contributed by atoms with Crippen LogP contribution >= 0.6 is 23.2 Å². The van der Waals surface area contributed by atoms with Crippen LogP contribution in [0, 0.1) is 17.0 Å². The molecule has 104 valence electrons. The summed E-state index contributed by atoms with van der Waals surface area (Å²) in [5.41, 5.74) is 6.87. The Morgan fingerprint density at radius 3 is 2.30 bits per heavy atom. The number of nitrogens with two attached hydrogens (primary N) is 1. The van der Waals surface area contributed by atoms with E-state index in [0.29, 0.717) is 11.4 Å². The van der Waals surface area contributed by atoms with Gasteiger partial charge >= 0.3 is 0 Å². The second-order valence-corrected chi connectivity index (χ2v) is 4.94. The van der Waals surface area contributed by atoms with Crippen LogP contribution in [0.15, 0.2) is 30.3 Å². The minimum atomic E-state index is -0.573. The molecule has 0 fully saturated rings. The number of nitrogen functional groups attached to an aromatic ring is 1. The number of hydrogen-bond acceptors (Lipinski definition) is 4. The van der Waals surface area contributed by atoms with Gasteiger partial charge in [0.05, 0.1) is 15.0 Å². The van der Waals surface area contributed by atoms with Gasteiger partial charge in [-0.2, -0.15) is 0 Å². The lowest BCUT2D eigenvalue weighted by Gasteiger charge is -2.12. The first kappa shape index (κ1) is 14.4. The number of hydrogen-bond donors (Lipinski definition) is 1. The van der Waals surface area contributed by atoms with Gasteiger partial charge in [-0.15, -0.1) is 0 Å². The van der Waals surface area contributed by atoms with Crippen molar-refractivity contribution in [3.63, 3.8) is 0 Å². The lowest BCUT2D eigenvalue weighted by atomic mass is 10.2. The van der Waals surface area contributed by atoms with Crippen molar-refractivity contribution in [2.24, 2.45) is 0 Å². The van der Waals surface area contributed by atoms with Crippen LogP contribution in [0.2, 0.25) is 10.0 Å². The SMILES string of the molecule is Cc1cc(N)ccc1Oc1c(Cl)cc([N+](=O)[O-])cc1Cl. The van der Waals surface area contributed by atoms with Gasteiger partial charge in [-0.3, -0.25) is 10.1 Å². The Labute approximate surface area is 125 Å². The van der Waals surface area contributed by atoms with Crippen molar-refractivity contribution in [3.8, 4) is 11.5 Å². The predicted octanol–water partition coefficient (Wildman–Crippen LogP) is 4.58. The first-order valence-corrected chi connectivity index (χ1v) is 6.31. The molecule has 20 heavy (non-hydrogen) atoms. The summed E-state index contributed by atoms with van der Waals surface area (Å²) in [5.74, 6) is 0.698. The number of rotatable bonds is 3. The monoisotopic (exact) mass is 312 g/mol. The van der Waals surface area contributed by atoms with E-state index < -0.39 is 4.92 Å². The van der Waals surface area contributed by atoms with E-state index in [2.05, 4.69) is 0 Å². The zero-order valence-corrected chi connectivity index (χ0v) is 11.9. The van der Waals surface area contributed by atoms with E-state index in [-0.39, 0.29) is 21.5 Å². The highest BCUT2D eigenvalue weighted by atomic mass is 35.5. The first-order chi connectivity index (χ1) is 9.38. The summed E-state index contributed by atoms with van der Waals surface area (Å²) in [7, 11) is 0. The Balaban J connectivity index is 2.41. The Kier molecular flexibility index (Phi) is 4.01. The molecule has 2 aromatic rings. The lowest BCUT2D eigenvalue weighted by Crippen LogP contribution is -1.94. The van der Waals surface area contributed by atoms with Gasteiger partial charge in [0.2, 0.25) is 0 Å². The summed E-state index contributed by atoms with van der Waals surface area (Å²) < 4.78 is 5.62. The molecule has 5 nitrogen and oxygen atoms in total. The molecule has 0 unspecified atom stereocenters. The average molecular weight is 313 g/mol. The molecule has 0 saturated carbocycles. The van der Waals surface area contributed by atoms with E-state index in [9.17, 15) is 10.1 Å². The highest BCUT2D eigenvalue weighted by Gasteiger charge is 2.17. The molecule has 0 atom stereocenters. The van der Waals surface area contributed by atoms with Crippen LogP contribution in [0.4, 0.5) is 11.4 Å². The molecule has 2 aromatic carbocycles. The highest BCUT2D eigenvalue weighted by molar-refractivity contribution is 6.37. The van der Waals surface area contributed by atoms with Crippen molar-refractivity contribution in [2.45, 2.75) is 6.92 Å². The minimum Gasteiger partial charge on any atom is -0.454 e. The number of anilines is 1. The molecule has 7 heteroatoms. The largest absolute Gasteiger partial charge is 0.454 e. The first-order valence-electron chi connectivity index (χ1n) is 5.56. The fourth-order valence-electron chi connectivity index (χ4n) is 1.65.